The lowest BCUT2D eigenvalue weighted by molar-refractivity contribution is 0.0938. The van der Waals surface area contributed by atoms with E-state index in [0.717, 1.165) is 16.9 Å². The minimum absolute atomic E-state index is 0.181. The Morgan fingerprint density at radius 1 is 1.23 bits per heavy atom. The van der Waals surface area contributed by atoms with Crippen LogP contribution in [0.15, 0.2) is 42.5 Å². The molecule has 0 unspecified atom stereocenters. The molecule has 5 nitrogen and oxygen atoms in total. The number of methoxy groups -OCH3 is 1. The van der Waals surface area contributed by atoms with Gasteiger partial charge in [0, 0.05) is 25.0 Å². The average molecular weight is 299 g/mol. The number of amides is 1. The van der Waals surface area contributed by atoms with Gasteiger partial charge in [-0.2, -0.15) is 0 Å². The Morgan fingerprint density at radius 2 is 2.05 bits per heavy atom. The third kappa shape index (κ3) is 4.23. The number of hydrogen-bond acceptors (Lipinski definition) is 4. The van der Waals surface area contributed by atoms with Crippen LogP contribution < -0.4 is 16.4 Å². The van der Waals surface area contributed by atoms with E-state index in [1.54, 1.807) is 19.2 Å². The predicted octanol–water partition coefficient (Wildman–Crippen LogP) is 2.70. The van der Waals surface area contributed by atoms with E-state index in [0.29, 0.717) is 24.4 Å². The molecule has 1 amide bonds. The number of nitrogens with two attached hydrogens (primary N) is 1. The number of rotatable bonds is 6. The Kier molecular flexibility index (Phi) is 5.38. The maximum absolute atomic E-state index is 12.3. The normalized spacial score (nSPS) is 10.3. The van der Waals surface area contributed by atoms with Gasteiger partial charge in [0.1, 0.15) is 0 Å². The van der Waals surface area contributed by atoms with Gasteiger partial charge in [0.2, 0.25) is 0 Å². The van der Waals surface area contributed by atoms with E-state index >= 15 is 0 Å². The molecule has 2 rings (SSSR count). The molecule has 0 aliphatic carbocycles. The minimum atomic E-state index is -0.181. The molecule has 0 saturated heterocycles. The first kappa shape index (κ1) is 15.9. The monoisotopic (exact) mass is 299 g/mol. The fraction of sp³-hybridized carbons (Fsp3) is 0.235. The SMILES string of the molecule is COCCNC(=O)c1cc(N)ccc1Nc1cccc(C)c1. The summed E-state index contributed by atoms with van der Waals surface area (Å²) >= 11 is 0. The summed E-state index contributed by atoms with van der Waals surface area (Å²) in [6.45, 7) is 2.94. The molecule has 22 heavy (non-hydrogen) atoms. The van der Waals surface area contributed by atoms with Crippen molar-refractivity contribution in [2.75, 3.05) is 31.3 Å². The molecule has 2 aromatic rings. The van der Waals surface area contributed by atoms with Crippen molar-refractivity contribution in [3.05, 3.63) is 53.6 Å². The summed E-state index contributed by atoms with van der Waals surface area (Å²) < 4.78 is 4.94. The van der Waals surface area contributed by atoms with Gasteiger partial charge in [-0.15, -0.1) is 0 Å². The van der Waals surface area contributed by atoms with Gasteiger partial charge in [0.05, 0.1) is 17.9 Å². The lowest BCUT2D eigenvalue weighted by Gasteiger charge is -2.13. The molecule has 0 heterocycles. The number of nitrogen functional groups attached to an aromatic ring is 1. The molecule has 2 aromatic carbocycles. The topological polar surface area (TPSA) is 76.4 Å². The van der Waals surface area contributed by atoms with E-state index < -0.39 is 0 Å². The molecule has 0 aliphatic heterocycles. The van der Waals surface area contributed by atoms with Gasteiger partial charge in [-0.05, 0) is 42.8 Å². The fourth-order valence-corrected chi connectivity index (χ4v) is 2.10. The maximum Gasteiger partial charge on any atom is 0.253 e. The fourth-order valence-electron chi connectivity index (χ4n) is 2.10. The zero-order chi connectivity index (χ0) is 15.9. The van der Waals surface area contributed by atoms with Crippen LogP contribution in [0.3, 0.4) is 0 Å². The molecule has 0 saturated carbocycles. The second-order valence-electron chi connectivity index (χ2n) is 5.05. The predicted molar refractivity (Wildman–Crippen MR) is 89.5 cm³/mol. The van der Waals surface area contributed by atoms with Gasteiger partial charge in [0.25, 0.3) is 5.91 Å². The van der Waals surface area contributed by atoms with Crippen molar-refractivity contribution in [1.82, 2.24) is 5.32 Å². The molecule has 5 heteroatoms. The highest BCUT2D eigenvalue weighted by molar-refractivity contribution is 6.01. The first-order valence-electron chi connectivity index (χ1n) is 7.10. The Hall–Kier alpha value is -2.53. The van der Waals surface area contributed by atoms with E-state index in [1.165, 1.54) is 0 Å². The van der Waals surface area contributed by atoms with Crippen LogP contribution in [0.2, 0.25) is 0 Å². The largest absolute Gasteiger partial charge is 0.399 e. The van der Waals surface area contributed by atoms with E-state index in [4.69, 9.17) is 10.5 Å². The molecule has 0 aromatic heterocycles. The number of ether oxygens (including phenoxy) is 1. The molecule has 4 N–H and O–H groups in total. The number of aryl methyl sites for hydroxylation is 1. The number of hydrogen-bond donors (Lipinski definition) is 3. The average Bonchev–Trinajstić information content (AvgIpc) is 2.49. The third-order valence-corrected chi connectivity index (χ3v) is 3.18. The van der Waals surface area contributed by atoms with Gasteiger partial charge >= 0.3 is 0 Å². The highest BCUT2D eigenvalue weighted by atomic mass is 16.5. The van der Waals surface area contributed by atoms with Crippen molar-refractivity contribution in [2.45, 2.75) is 6.92 Å². The van der Waals surface area contributed by atoms with Crippen LogP contribution in [-0.2, 0) is 4.74 Å². The van der Waals surface area contributed by atoms with Gasteiger partial charge in [-0.1, -0.05) is 12.1 Å². The van der Waals surface area contributed by atoms with Crippen molar-refractivity contribution in [3.8, 4) is 0 Å². The molecule has 0 aliphatic rings. The number of benzene rings is 2. The maximum atomic E-state index is 12.3. The molecule has 116 valence electrons. The molecule has 0 fully saturated rings. The van der Waals surface area contributed by atoms with E-state index in [1.807, 2.05) is 37.3 Å². The molecule has 0 atom stereocenters. The Morgan fingerprint density at radius 3 is 2.77 bits per heavy atom. The van der Waals surface area contributed by atoms with Gasteiger partial charge in [-0.25, -0.2) is 0 Å². The van der Waals surface area contributed by atoms with Gasteiger partial charge in [-0.3, -0.25) is 4.79 Å². The molecular formula is C17H21N3O2. The number of anilines is 3. The summed E-state index contributed by atoms with van der Waals surface area (Å²) in [5.74, 6) is -0.181. The van der Waals surface area contributed by atoms with Crippen LogP contribution in [0.1, 0.15) is 15.9 Å². The quantitative estimate of drug-likeness (QED) is 0.566. The standard InChI is InChI=1S/C17H21N3O2/c1-12-4-3-5-14(10-12)20-16-7-6-13(18)11-15(16)17(21)19-8-9-22-2/h3-7,10-11,20H,8-9,18H2,1-2H3,(H,19,21). The number of carbonyl (C=O) groups is 1. The summed E-state index contributed by atoms with van der Waals surface area (Å²) in [6.07, 6.45) is 0. The van der Waals surface area contributed by atoms with Crippen molar-refractivity contribution in [2.24, 2.45) is 0 Å². The first-order valence-corrected chi connectivity index (χ1v) is 7.10. The Labute approximate surface area is 130 Å². The highest BCUT2D eigenvalue weighted by Gasteiger charge is 2.12. The van der Waals surface area contributed by atoms with Crippen molar-refractivity contribution in [1.29, 1.82) is 0 Å². The lowest BCUT2D eigenvalue weighted by atomic mass is 10.1. The van der Waals surface area contributed by atoms with Crippen LogP contribution in [0.5, 0.6) is 0 Å². The lowest BCUT2D eigenvalue weighted by Crippen LogP contribution is -2.27. The second kappa shape index (κ2) is 7.47. The number of nitrogens with one attached hydrogen (secondary N) is 2. The van der Waals surface area contributed by atoms with E-state index in [2.05, 4.69) is 10.6 Å². The van der Waals surface area contributed by atoms with Gasteiger partial charge in [0.15, 0.2) is 0 Å². The summed E-state index contributed by atoms with van der Waals surface area (Å²) in [4.78, 5) is 12.3. The Bertz CT molecular complexity index is 656. The summed E-state index contributed by atoms with van der Waals surface area (Å²) in [6, 6.07) is 13.2. The van der Waals surface area contributed by atoms with Crippen LogP contribution >= 0.6 is 0 Å². The van der Waals surface area contributed by atoms with Crippen LogP contribution in [0, 0.1) is 6.92 Å². The summed E-state index contributed by atoms with van der Waals surface area (Å²) in [7, 11) is 1.59. The van der Waals surface area contributed by atoms with Crippen molar-refractivity contribution >= 4 is 23.0 Å². The van der Waals surface area contributed by atoms with E-state index in [9.17, 15) is 4.79 Å². The number of carbonyl (C=O) groups excluding carboxylic acids is 1. The van der Waals surface area contributed by atoms with Crippen molar-refractivity contribution in [3.63, 3.8) is 0 Å². The third-order valence-electron chi connectivity index (χ3n) is 3.18. The smallest absolute Gasteiger partial charge is 0.253 e. The molecule has 0 spiro atoms. The van der Waals surface area contributed by atoms with Gasteiger partial charge < -0.3 is 21.1 Å². The van der Waals surface area contributed by atoms with Crippen LogP contribution in [0.25, 0.3) is 0 Å². The molecule has 0 radical (unpaired) electrons. The van der Waals surface area contributed by atoms with E-state index in [-0.39, 0.29) is 5.91 Å². The van der Waals surface area contributed by atoms with Crippen LogP contribution in [0.4, 0.5) is 17.1 Å². The first-order chi connectivity index (χ1) is 10.6. The Balaban J connectivity index is 2.22. The summed E-state index contributed by atoms with van der Waals surface area (Å²) in [5.41, 5.74) is 9.65. The second-order valence-corrected chi connectivity index (χ2v) is 5.05. The molecular weight excluding hydrogens is 278 g/mol. The highest BCUT2D eigenvalue weighted by Crippen LogP contribution is 2.23. The zero-order valence-electron chi connectivity index (χ0n) is 12.8. The van der Waals surface area contributed by atoms with Crippen molar-refractivity contribution < 1.29 is 9.53 Å². The minimum Gasteiger partial charge on any atom is -0.399 e. The zero-order valence-corrected chi connectivity index (χ0v) is 12.8. The molecule has 0 bridgehead atoms. The van der Waals surface area contributed by atoms with Crippen LogP contribution in [-0.4, -0.2) is 26.2 Å². The summed E-state index contributed by atoms with van der Waals surface area (Å²) in [5, 5.41) is 6.07.